The van der Waals surface area contributed by atoms with Crippen LogP contribution in [0.4, 0.5) is 0 Å². The first-order valence-electron chi connectivity index (χ1n) is 10.0. The van der Waals surface area contributed by atoms with E-state index in [1.54, 1.807) is 10.9 Å². The number of benzene rings is 1. The minimum absolute atomic E-state index is 0.0555. The average Bonchev–Trinajstić information content (AvgIpc) is 3.23. The van der Waals surface area contributed by atoms with Gasteiger partial charge in [0.05, 0.1) is 24.9 Å². The summed E-state index contributed by atoms with van der Waals surface area (Å²) >= 11 is 0. The van der Waals surface area contributed by atoms with Crippen molar-refractivity contribution in [3.8, 4) is 0 Å². The van der Waals surface area contributed by atoms with Crippen molar-refractivity contribution in [3.05, 3.63) is 54.4 Å². The van der Waals surface area contributed by atoms with E-state index in [9.17, 15) is 9.90 Å². The van der Waals surface area contributed by atoms with Gasteiger partial charge in [0.15, 0.2) is 0 Å². The van der Waals surface area contributed by atoms with Gasteiger partial charge in [-0.1, -0.05) is 30.3 Å². The summed E-state index contributed by atoms with van der Waals surface area (Å²) in [5, 5.41) is 14.0. The molecule has 2 aliphatic heterocycles. The van der Waals surface area contributed by atoms with Gasteiger partial charge in [-0.15, -0.1) is 0 Å². The first kappa shape index (κ1) is 19.1. The number of aliphatic hydroxyl groups is 1. The van der Waals surface area contributed by atoms with E-state index in [2.05, 4.69) is 22.1 Å². The number of hydrogen-bond donors (Lipinski definition) is 1. The Hall–Kier alpha value is -2.22. The summed E-state index contributed by atoms with van der Waals surface area (Å²) in [6.07, 6.45) is 4.81. The summed E-state index contributed by atoms with van der Waals surface area (Å²) in [4.78, 5) is 17.4. The van der Waals surface area contributed by atoms with Gasteiger partial charge in [0.1, 0.15) is 6.54 Å². The quantitative estimate of drug-likeness (QED) is 0.842. The standard InChI is InChI=1S/C21H28N4O3/c26-18-7-11-23(12-8-18)15-19-21(17-5-2-1-3-6-17)25(13-14-28-19)20(27)16-24-10-4-9-22-24/h1-6,9-10,18-19,21,26H,7-8,11-16H2/t19-,21-/m0/s1. The zero-order valence-electron chi connectivity index (χ0n) is 16.1. The van der Waals surface area contributed by atoms with Crippen LogP contribution in [0.2, 0.25) is 0 Å². The van der Waals surface area contributed by atoms with Crippen LogP contribution in [0.1, 0.15) is 24.4 Å². The number of ether oxygens (including phenoxy) is 1. The van der Waals surface area contributed by atoms with Gasteiger partial charge in [0, 0.05) is 38.6 Å². The second-order valence-corrected chi connectivity index (χ2v) is 7.59. The second kappa shape index (κ2) is 8.86. The Labute approximate surface area is 165 Å². The third-order valence-electron chi connectivity index (χ3n) is 5.67. The Balaban J connectivity index is 1.53. The molecule has 0 aliphatic carbocycles. The van der Waals surface area contributed by atoms with E-state index in [4.69, 9.17) is 4.74 Å². The molecule has 7 nitrogen and oxygen atoms in total. The number of likely N-dealkylation sites (tertiary alicyclic amines) is 1. The number of piperidine rings is 1. The monoisotopic (exact) mass is 384 g/mol. The van der Waals surface area contributed by atoms with Gasteiger partial charge >= 0.3 is 0 Å². The molecule has 2 fully saturated rings. The van der Waals surface area contributed by atoms with E-state index in [-0.39, 0.29) is 30.7 Å². The number of hydrogen-bond acceptors (Lipinski definition) is 5. The molecule has 0 radical (unpaired) electrons. The summed E-state index contributed by atoms with van der Waals surface area (Å²) in [6, 6.07) is 11.9. The molecule has 1 aromatic carbocycles. The third kappa shape index (κ3) is 4.43. The van der Waals surface area contributed by atoms with Crippen molar-refractivity contribution in [2.45, 2.75) is 37.6 Å². The first-order chi connectivity index (χ1) is 13.7. The molecule has 150 valence electrons. The van der Waals surface area contributed by atoms with Gasteiger partial charge in [0.2, 0.25) is 5.91 Å². The summed E-state index contributed by atoms with van der Waals surface area (Å²) in [5.41, 5.74) is 1.10. The smallest absolute Gasteiger partial charge is 0.244 e. The Morgan fingerprint density at radius 3 is 2.64 bits per heavy atom. The van der Waals surface area contributed by atoms with Gasteiger partial charge < -0.3 is 19.6 Å². The molecule has 0 spiro atoms. The van der Waals surface area contributed by atoms with Gasteiger partial charge in [-0.25, -0.2) is 0 Å². The normalized spacial score (nSPS) is 24.4. The van der Waals surface area contributed by atoms with Crippen LogP contribution in [0.25, 0.3) is 0 Å². The minimum Gasteiger partial charge on any atom is -0.393 e. The number of amides is 1. The van der Waals surface area contributed by atoms with Crippen molar-refractivity contribution in [2.24, 2.45) is 0 Å². The van der Waals surface area contributed by atoms with Gasteiger partial charge in [-0.3, -0.25) is 9.48 Å². The highest BCUT2D eigenvalue weighted by Crippen LogP contribution is 2.31. The largest absolute Gasteiger partial charge is 0.393 e. The molecule has 2 aromatic rings. The molecule has 7 heteroatoms. The van der Waals surface area contributed by atoms with Gasteiger partial charge in [0.25, 0.3) is 0 Å². The topological polar surface area (TPSA) is 70.8 Å². The maximum Gasteiger partial charge on any atom is 0.244 e. The van der Waals surface area contributed by atoms with E-state index < -0.39 is 0 Å². The predicted molar refractivity (Wildman–Crippen MR) is 105 cm³/mol. The second-order valence-electron chi connectivity index (χ2n) is 7.59. The average molecular weight is 384 g/mol. The summed E-state index contributed by atoms with van der Waals surface area (Å²) in [7, 11) is 0. The molecule has 0 unspecified atom stereocenters. The van der Waals surface area contributed by atoms with Crippen molar-refractivity contribution in [3.63, 3.8) is 0 Å². The van der Waals surface area contributed by atoms with Crippen LogP contribution in [0.15, 0.2) is 48.8 Å². The molecule has 0 bridgehead atoms. The van der Waals surface area contributed by atoms with Crippen molar-refractivity contribution in [1.82, 2.24) is 19.6 Å². The van der Waals surface area contributed by atoms with Gasteiger partial charge in [-0.2, -0.15) is 5.10 Å². The van der Waals surface area contributed by atoms with Crippen molar-refractivity contribution in [2.75, 3.05) is 32.8 Å². The van der Waals surface area contributed by atoms with E-state index in [1.165, 1.54) is 0 Å². The molecule has 2 aliphatic rings. The number of carbonyl (C=O) groups excluding carboxylic acids is 1. The molecule has 2 saturated heterocycles. The van der Waals surface area contributed by atoms with Crippen LogP contribution >= 0.6 is 0 Å². The van der Waals surface area contributed by atoms with Gasteiger partial charge in [-0.05, 0) is 24.5 Å². The molecule has 1 N–H and O–H groups in total. The highest BCUT2D eigenvalue weighted by atomic mass is 16.5. The SMILES string of the molecule is O=C(Cn1cccn1)N1CCO[C@@H](CN2CCC(O)CC2)[C@@H]1c1ccccc1. The Morgan fingerprint density at radius 2 is 1.93 bits per heavy atom. The summed E-state index contributed by atoms with van der Waals surface area (Å²) < 4.78 is 7.84. The fourth-order valence-corrected chi connectivity index (χ4v) is 4.19. The number of aromatic nitrogens is 2. The lowest BCUT2D eigenvalue weighted by molar-refractivity contribution is -0.149. The highest BCUT2D eigenvalue weighted by molar-refractivity contribution is 5.76. The van der Waals surface area contributed by atoms with Crippen molar-refractivity contribution >= 4 is 5.91 Å². The van der Waals surface area contributed by atoms with Crippen LogP contribution in [-0.4, -0.2) is 75.6 Å². The van der Waals surface area contributed by atoms with E-state index in [1.807, 2.05) is 35.4 Å². The van der Waals surface area contributed by atoms with E-state index in [0.29, 0.717) is 13.2 Å². The molecular weight excluding hydrogens is 356 g/mol. The maximum atomic E-state index is 13.1. The Kier molecular flexibility index (Phi) is 6.04. The van der Waals surface area contributed by atoms with E-state index in [0.717, 1.165) is 38.0 Å². The molecule has 3 heterocycles. The minimum atomic E-state index is -0.194. The fourth-order valence-electron chi connectivity index (χ4n) is 4.19. The molecule has 1 aromatic heterocycles. The first-order valence-corrected chi connectivity index (χ1v) is 10.0. The molecule has 1 amide bonds. The number of aliphatic hydroxyl groups excluding tert-OH is 1. The van der Waals surface area contributed by atoms with E-state index >= 15 is 0 Å². The van der Waals surface area contributed by atoms with Crippen molar-refractivity contribution < 1.29 is 14.6 Å². The molecule has 2 atom stereocenters. The summed E-state index contributed by atoms with van der Waals surface area (Å²) in [5.74, 6) is 0.0555. The fraction of sp³-hybridized carbons (Fsp3) is 0.524. The zero-order valence-corrected chi connectivity index (χ0v) is 16.1. The molecule has 0 saturated carbocycles. The van der Waals surface area contributed by atoms with Crippen LogP contribution in [-0.2, 0) is 16.1 Å². The predicted octanol–water partition coefficient (Wildman–Crippen LogP) is 1.31. The summed E-state index contributed by atoms with van der Waals surface area (Å²) in [6.45, 7) is 3.84. The lowest BCUT2D eigenvalue weighted by Crippen LogP contribution is -2.53. The number of nitrogens with zero attached hydrogens (tertiary/aromatic N) is 4. The van der Waals surface area contributed by atoms with Crippen LogP contribution in [0, 0.1) is 0 Å². The number of carbonyl (C=O) groups is 1. The molecule has 4 rings (SSSR count). The highest BCUT2D eigenvalue weighted by Gasteiger charge is 2.37. The van der Waals surface area contributed by atoms with Crippen LogP contribution in [0.5, 0.6) is 0 Å². The van der Waals surface area contributed by atoms with Crippen LogP contribution < -0.4 is 0 Å². The lowest BCUT2D eigenvalue weighted by Gasteiger charge is -2.44. The Bertz CT molecular complexity index is 744. The maximum absolute atomic E-state index is 13.1. The van der Waals surface area contributed by atoms with Crippen molar-refractivity contribution in [1.29, 1.82) is 0 Å². The number of rotatable bonds is 5. The lowest BCUT2D eigenvalue weighted by atomic mass is 9.96. The molecular formula is C21H28N4O3. The molecule has 28 heavy (non-hydrogen) atoms. The number of morpholine rings is 1. The Morgan fingerprint density at radius 1 is 1.14 bits per heavy atom. The zero-order chi connectivity index (χ0) is 19.3. The third-order valence-corrected chi connectivity index (χ3v) is 5.67. The van der Waals surface area contributed by atoms with Crippen LogP contribution in [0.3, 0.4) is 0 Å².